The predicted molar refractivity (Wildman–Crippen MR) is 131 cm³/mol. The van der Waals surface area contributed by atoms with Gasteiger partial charge < -0.3 is 14.2 Å². The number of thiazole rings is 1. The van der Waals surface area contributed by atoms with Crippen molar-refractivity contribution < 1.29 is 19.0 Å². The molecule has 8 heteroatoms. The van der Waals surface area contributed by atoms with Crippen molar-refractivity contribution in [2.45, 2.75) is 26.8 Å². The van der Waals surface area contributed by atoms with Crippen molar-refractivity contribution in [1.29, 1.82) is 0 Å². The van der Waals surface area contributed by atoms with Gasteiger partial charge in [0.2, 0.25) is 0 Å². The van der Waals surface area contributed by atoms with E-state index in [9.17, 15) is 9.59 Å². The molecule has 2 aromatic carbocycles. The van der Waals surface area contributed by atoms with E-state index < -0.39 is 12.0 Å². The molecule has 34 heavy (non-hydrogen) atoms. The highest BCUT2D eigenvalue weighted by atomic mass is 32.1. The molecular weight excluding hydrogens is 452 g/mol. The van der Waals surface area contributed by atoms with Gasteiger partial charge in [-0.1, -0.05) is 41.7 Å². The van der Waals surface area contributed by atoms with Crippen LogP contribution in [0.4, 0.5) is 0 Å². The summed E-state index contributed by atoms with van der Waals surface area (Å²) in [5.74, 6) is 0.897. The van der Waals surface area contributed by atoms with Crippen molar-refractivity contribution in [2.24, 2.45) is 4.99 Å². The molecule has 1 aliphatic heterocycles. The van der Waals surface area contributed by atoms with E-state index in [-0.39, 0.29) is 12.2 Å². The number of nitrogens with zero attached hydrogens (tertiary/aromatic N) is 2. The van der Waals surface area contributed by atoms with E-state index >= 15 is 0 Å². The highest BCUT2D eigenvalue weighted by Crippen LogP contribution is 2.31. The van der Waals surface area contributed by atoms with Crippen LogP contribution in [0.25, 0.3) is 6.08 Å². The number of allylic oxidation sites excluding steroid dienone is 1. The highest BCUT2D eigenvalue weighted by Gasteiger charge is 2.33. The number of benzene rings is 2. The topological polar surface area (TPSA) is 79.1 Å². The van der Waals surface area contributed by atoms with Crippen molar-refractivity contribution in [3.8, 4) is 11.5 Å². The highest BCUT2D eigenvalue weighted by molar-refractivity contribution is 7.07. The lowest BCUT2D eigenvalue weighted by molar-refractivity contribution is -0.139. The van der Waals surface area contributed by atoms with Crippen LogP contribution in [-0.2, 0) is 9.53 Å². The summed E-state index contributed by atoms with van der Waals surface area (Å²) in [5.41, 5.74) is 2.21. The van der Waals surface area contributed by atoms with Crippen LogP contribution in [-0.4, -0.2) is 30.9 Å². The Labute approximate surface area is 201 Å². The lowest BCUT2D eigenvalue weighted by Gasteiger charge is -2.24. The van der Waals surface area contributed by atoms with Crippen LogP contribution >= 0.6 is 11.3 Å². The average molecular weight is 479 g/mol. The van der Waals surface area contributed by atoms with E-state index in [0.29, 0.717) is 38.7 Å². The number of aromatic nitrogens is 1. The Balaban J connectivity index is 1.93. The third-order valence-corrected chi connectivity index (χ3v) is 6.44. The molecule has 0 aliphatic carbocycles. The van der Waals surface area contributed by atoms with Crippen LogP contribution in [0.15, 0.2) is 69.6 Å². The fraction of sp³-hybridized carbons (Fsp3) is 0.269. The number of carbonyl (C=O) groups excluding carboxylic acids is 1. The molecule has 0 amide bonds. The second-order valence-corrected chi connectivity index (χ2v) is 8.56. The number of esters is 1. The minimum atomic E-state index is -0.662. The molecule has 1 unspecified atom stereocenters. The third kappa shape index (κ3) is 4.41. The molecule has 176 valence electrons. The van der Waals surface area contributed by atoms with Crippen LogP contribution < -0.4 is 24.4 Å². The molecule has 0 saturated carbocycles. The van der Waals surface area contributed by atoms with Crippen LogP contribution in [0.3, 0.4) is 0 Å². The molecule has 7 nitrogen and oxygen atoms in total. The largest absolute Gasteiger partial charge is 0.497 e. The summed E-state index contributed by atoms with van der Waals surface area (Å²) >= 11 is 1.28. The lowest BCUT2D eigenvalue weighted by atomic mass is 9.96. The Morgan fingerprint density at radius 2 is 1.85 bits per heavy atom. The Bertz CT molecular complexity index is 1420. The summed E-state index contributed by atoms with van der Waals surface area (Å²) in [7, 11) is 1.59. The molecule has 0 bridgehead atoms. The van der Waals surface area contributed by atoms with Crippen molar-refractivity contribution in [2.75, 3.05) is 20.3 Å². The standard InChI is InChI=1S/C26H26N2O5S/c1-5-32-20-10-8-7-9-18(20)15-21-24(29)28-23(17-11-13-19(31-4)14-12-17)22(25(30)33-6-2)16(3)27-26(28)34-21/h7-15,23H,5-6H2,1-4H3/b21-15+. The quantitative estimate of drug-likeness (QED) is 0.488. The number of hydrogen-bond donors (Lipinski definition) is 0. The Morgan fingerprint density at radius 1 is 1.12 bits per heavy atom. The molecule has 0 spiro atoms. The fourth-order valence-electron chi connectivity index (χ4n) is 3.92. The van der Waals surface area contributed by atoms with Gasteiger partial charge >= 0.3 is 5.97 Å². The second-order valence-electron chi connectivity index (χ2n) is 7.55. The van der Waals surface area contributed by atoms with Gasteiger partial charge in [0, 0.05) is 5.56 Å². The molecule has 3 aromatic rings. The number of carbonyl (C=O) groups is 1. The summed E-state index contributed by atoms with van der Waals surface area (Å²) in [6.07, 6.45) is 1.81. The minimum absolute atomic E-state index is 0.226. The van der Waals surface area contributed by atoms with E-state index in [0.717, 1.165) is 11.1 Å². The van der Waals surface area contributed by atoms with Crippen molar-refractivity contribution in [1.82, 2.24) is 4.57 Å². The normalized spacial score (nSPS) is 15.5. The van der Waals surface area contributed by atoms with Crippen LogP contribution in [0, 0.1) is 0 Å². The van der Waals surface area contributed by atoms with Gasteiger partial charge in [-0.15, -0.1) is 0 Å². The van der Waals surface area contributed by atoms with Gasteiger partial charge in [-0.2, -0.15) is 0 Å². The first-order valence-corrected chi connectivity index (χ1v) is 11.9. The third-order valence-electron chi connectivity index (χ3n) is 5.45. The molecule has 2 heterocycles. The maximum Gasteiger partial charge on any atom is 0.338 e. The SMILES string of the molecule is CCOC(=O)C1=C(C)N=c2s/c(=C/c3ccccc3OCC)c(=O)n2C1c1ccc(OC)cc1. The van der Waals surface area contributed by atoms with E-state index in [4.69, 9.17) is 14.2 Å². The molecular formula is C26H26N2O5S. The number of hydrogen-bond acceptors (Lipinski definition) is 7. The number of fused-ring (bicyclic) bond motifs is 1. The first-order valence-electron chi connectivity index (χ1n) is 11.0. The molecule has 0 N–H and O–H groups in total. The molecule has 0 radical (unpaired) electrons. The van der Waals surface area contributed by atoms with E-state index in [1.165, 1.54) is 11.3 Å². The van der Waals surface area contributed by atoms with Gasteiger partial charge in [0.1, 0.15) is 11.5 Å². The van der Waals surface area contributed by atoms with Crippen LogP contribution in [0.2, 0.25) is 0 Å². The summed E-state index contributed by atoms with van der Waals surface area (Å²) in [5, 5.41) is 0. The van der Waals surface area contributed by atoms with Crippen LogP contribution in [0.5, 0.6) is 11.5 Å². The zero-order valence-electron chi connectivity index (χ0n) is 19.5. The molecule has 4 rings (SSSR count). The number of ether oxygens (including phenoxy) is 3. The zero-order chi connectivity index (χ0) is 24.2. The average Bonchev–Trinajstić information content (AvgIpc) is 3.14. The monoisotopic (exact) mass is 478 g/mol. The number of rotatable bonds is 7. The Morgan fingerprint density at radius 3 is 2.53 bits per heavy atom. The maximum absolute atomic E-state index is 13.7. The van der Waals surface area contributed by atoms with Crippen molar-refractivity contribution >= 4 is 23.4 Å². The van der Waals surface area contributed by atoms with Gasteiger partial charge in [-0.3, -0.25) is 9.36 Å². The number of para-hydroxylation sites is 1. The summed E-state index contributed by atoms with van der Waals surface area (Å²) < 4.78 is 18.4. The zero-order valence-corrected chi connectivity index (χ0v) is 20.3. The first kappa shape index (κ1) is 23.5. The van der Waals surface area contributed by atoms with Gasteiger partial charge in [-0.25, -0.2) is 9.79 Å². The van der Waals surface area contributed by atoms with Crippen LogP contribution in [0.1, 0.15) is 37.9 Å². The Kier molecular flexibility index (Phi) is 6.98. The lowest BCUT2D eigenvalue weighted by Crippen LogP contribution is -2.39. The van der Waals surface area contributed by atoms with Gasteiger partial charge in [-0.05, 0) is 50.6 Å². The van der Waals surface area contributed by atoms with Crippen molar-refractivity contribution in [3.05, 3.63) is 90.6 Å². The van der Waals surface area contributed by atoms with Gasteiger partial charge in [0.15, 0.2) is 4.80 Å². The second kappa shape index (κ2) is 10.1. The summed E-state index contributed by atoms with van der Waals surface area (Å²) in [6.45, 7) is 6.18. The minimum Gasteiger partial charge on any atom is -0.497 e. The van der Waals surface area contributed by atoms with Crippen molar-refractivity contribution in [3.63, 3.8) is 0 Å². The van der Waals surface area contributed by atoms with Gasteiger partial charge in [0.25, 0.3) is 5.56 Å². The van der Waals surface area contributed by atoms with E-state index in [2.05, 4.69) is 4.99 Å². The first-order chi connectivity index (χ1) is 16.5. The summed E-state index contributed by atoms with van der Waals surface area (Å²) in [6, 6.07) is 14.2. The molecule has 0 saturated heterocycles. The summed E-state index contributed by atoms with van der Waals surface area (Å²) in [4.78, 5) is 31.7. The van der Waals surface area contributed by atoms with E-state index in [1.807, 2.05) is 61.5 Å². The molecule has 1 atom stereocenters. The molecule has 1 aliphatic rings. The maximum atomic E-state index is 13.7. The van der Waals surface area contributed by atoms with E-state index in [1.54, 1.807) is 25.5 Å². The predicted octanol–water partition coefficient (Wildman–Crippen LogP) is 3.21. The fourth-order valence-corrected chi connectivity index (χ4v) is 4.96. The molecule has 1 aromatic heterocycles. The van der Waals surface area contributed by atoms with Gasteiger partial charge in [0.05, 0.1) is 42.2 Å². The Hall–Kier alpha value is -3.65. The molecule has 0 fully saturated rings. The number of methoxy groups -OCH3 is 1. The smallest absolute Gasteiger partial charge is 0.338 e.